The number of nitrogens with zero attached hydrogens (tertiary/aromatic N) is 9. The quantitative estimate of drug-likeness (QED) is 0.0688. The third-order valence-corrected chi connectivity index (χ3v) is 24.3. The number of ether oxygens (including phenoxy) is 1. The maximum absolute atomic E-state index is 12.4. The van der Waals surface area contributed by atoms with Crippen molar-refractivity contribution in [1.82, 2.24) is 70.9 Å². The summed E-state index contributed by atoms with van der Waals surface area (Å²) < 4.78 is 36.6. The first-order valence-electron chi connectivity index (χ1n) is 34.5. The number of anilines is 2. The molecule has 23 nitrogen and oxygen atoms in total. The van der Waals surface area contributed by atoms with Crippen LogP contribution in [0.15, 0.2) is 96.1 Å². The van der Waals surface area contributed by atoms with E-state index in [2.05, 4.69) is 110 Å². The average molecular weight is 1510 g/mol. The summed E-state index contributed by atoms with van der Waals surface area (Å²) in [5, 5.41) is 60.2. The summed E-state index contributed by atoms with van der Waals surface area (Å²) in [5.74, 6) is 2.46. The molecule has 11 heterocycles. The molecule has 5 aliphatic heterocycles. The Morgan fingerprint density at radius 3 is 1.53 bits per heavy atom. The van der Waals surface area contributed by atoms with Crippen molar-refractivity contribution in [3.8, 4) is 0 Å². The van der Waals surface area contributed by atoms with Crippen LogP contribution in [0, 0.1) is 17.8 Å². The van der Waals surface area contributed by atoms with Crippen molar-refractivity contribution < 1.29 is 32.3 Å². The zero-order chi connectivity index (χ0) is 72.3. The largest absolute Gasteiger partial charge is 0.444 e. The maximum Gasteiger partial charge on any atom is 0.322 e. The van der Waals surface area contributed by atoms with Gasteiger partial charge in [0.05, 0.1) is 82.2 Å². The van der Waals surface area contributed by atoms with Crippen molar-refractivity contribution in [3.05, 3.63) is 151 Å². The first-order valence-corrected chi connectivity index (χ1v) is 38.0. The standard InChI is InChI=1S/C16H18ClN5O2.C16H17ClN4O.C15H19ClN2O.C14H18ClN3O2S.C12H13ClN2O/c1-15(2)8-22(4-3-16(15)13(23)19-14(24)20-16)12-6-9(17)5-11-10(12)7-18-21-11;1-9-19-15-14(22-9)7-21(8-16(15,2)3)13-5-10(17)4-12-11(13)6-18-20-12;1-14(2)3-5-15(19,6-4-14)12-7-10(16)8-13-11(12)9-17-18-13;1-2-21(19,20)18-5-3-10(4-6-18)12-7-11(15)8-14-13(12)9-16-17-14;13-9-5-10(8-1-3-16-4-2-8)11-7-14-15-12(11)6-9/h5-7H,3-4,8H2,1-2H3,(H,18,21)(H2,19,20,23,24);4-6H,7-8H2,1-3H3,(H,18,20);7-9,19H,3-6H2,1-2H3,(H,17,18);7-10H,2-6H2,1H3,(H,16,17);5-8H,1-4H2,(H,14,15). The van der Waals surface area contributed by atoms with Crippen LogP contribution in [0.1, 0.15) is 152 Å². The summed E-state index contributed by atoms with van der Waals surface area (Å²) in [4.78, 5) is 33.1. The van der Waals surface area contributed by atoms with E-state index < -0.39 is 32.6 Å². The van der Waals surface area contributed by atoms with Crippen LogP contribution >= 0.6 is 58.0 Å². The van der Waals surface area contributed by atoms with Gasteiger partial charge in [0.15, 0.2) is 5.89 Å². The molecule has 1 aliphatic carbocycles. The van der Waals surface area contributed by atoms with E-state index in [0.29, 0.717) is 76.5 Å². The molecule has 29 heteroatoms. The number of nitrogens with one attached hydrogen (secondary N) is 7. The van der Waals surface area contributed by atoms with Gasteiger partial charge >= 0.3 is 6.03 Å². The number of imide groups is 1. The number of urea groups is 1. The Kier molecular flexibility index (Phi) is 20.6. The number of carbonyl (C=O) groups is 2. The Balaban J connectivity index is 0.000000114. The third-order valence-electron chi connectivity index (χ3n) is 21.4. The van der Waals surface area contributed by atoms with Crippen LogP contribution in [-0.4, -0.2) is 143 Å². The maximum atomic E-state index is 12.4. The molecule has 8 N–H and O–H groups in total. The van der Waals surface area contributed by atoms with E-state index in [1.54, 1.807) is 23.6 Å². The normalized spacial score (nSPS) is 20.5. The molecular weight excluding hydrogens is 1420 g/mol. The second kappa shape index (κ2) is 28.8. The number of H-pyrrole nitrogens is 5. The number of halogens is 5. The topological polar surface area (TPSA) is 301 Å². The molecular formula is C73H85Cl5N16O7S. The number of aromatic amines is 5. The number of carbonyl (C=O) groups excluding carboxylic acids is 2. The Morgan fingerprint density at radius 1 is 0.569 bits per heavy atom. The number of piperidine rings is 2. The molecule has 1 saturated carbocycles. The highest BCUT2D eigenvalue weighted by molar-refractivity contribution is 7.89. The zero-order valence-corrected chi connectivity index (χ0v) is 62.9. The van der Waals surface area contributed by atoms with E-state index in [4.69, 9.17) is 67.2 Å². The Labute approximate surface area is 616 Å². The summed E-state index contributed by atoms with van der Waals surface area (Å²) >= 11 is 31.0. The van der Waals surface area contributed by atoms with E-state index in [-0.39, 0.29) is 17.1 Å². The highest BCUT2D eigenvalue weighted by Gasteiger charge is 2.59. The predicted molar refractivity (Wildman–Crippen MR) is 403 cm³/mol. The van der Waals surface area contributed by atoms with Gasteiger partial charge in [-0.1, -0.05) is 99.5 Å². The number of aliphatic hydroxyl groups is 1. The van der Waals surface area contributed by atoms with Crippen molar-refractivity contribution in [2.24, 2.45) is 10.8 Å². The molecule has 540 valence electrons. The molecule has 5 aromatic carbocycles. The van der Waals surface area contributed by atoms with Gasteiger partial charge < -0.3 is 29.4 Å². The van der Waals surface area contributed by atoms with Gasteiger partial charge in [-0.2, -0.15) is 25.5 Å². The summed E-state index contributed by atoms with van der Waals surface area (Å²) in [5.41, 5.74) is 9.33. The van der Waals surface area contributed by atoms with E-state index >= 15 is 0 Å². The molecule has 1 atom stereocenters. The number of amides is 3. The van der Waals surface area contributed by atoms with Crippen molar-refractivity contribution in [2.75, 3.05) is 61.5 Å². The van der Waals surface area contributed by atoms with Crippen LogP contribution in [0.5, 0.6) is 0 Å². The number of fused-ring (bicyclic) bond motifs is 6. The van der Waals surface area contributed by atoms with Gasteiger partial charge in [-0.15, -0.1) is 0 Å². The number of hydrogen-bond donors (Lipinski definition) is 8. The monoisotopic (exact) mass is 1500 g/mol. The summed E-state index contributed by atoms with van der Waals surface area (Å²) in [6, 6.07) is 18.8. The fourth-order valence-corrected chi connectivity index (χ4v) is 17.9. The molecule has 5 fully saturated rings. The highest BCUT2D eigenvalue weighted by Crippen LogP contribution is 2.49. The summed E-state index contributed by atoms with van der Waals surface area (Å²) in [7, 11) is -3.08. The lowest BCUT2D eigenvalue weighted by Crippen LogP contribution is -2.66. The zero-order valence-electron chi connectivity index (χ0n) is 58.3. The number of benzene rings is 5. The number of aryl methyl sites for hydroxylation is 1. The van der Waals surface area contributed by atoms with Crippen LogP contribution in [0.2, 0.25) is 25.1 Å². The third kappa shape index (κ3) is 15.0. The van der Waals surface area contributed by atoms with Gasteiger partial charge in [0.2, 0.25) is 10.0 Å². The molecule has 3 amide bonds. The van der Waals surface area contributed by atoms with Gasteiger partial charge in [0, 0.05) is 127 Å². The summed E-state index contributed by atoms with van der Waals surface area (Å²) in [6.45, 7) is 22.1. The molecule has 1 spiro atoms. The van der Waals surface area contributed by atoms with Gasteiger partial charge in [0.1, 0.15) is 11.3 Å². The molecule has 102 heavy (non-hydrogen) atoms. The molecule has 0 radical (unpaired) electrons. The van der Waals surface area contributed by atoms with Crippen molar-refractivity contribution >= 4 is 146 Å². The van der Waals surface area contributed by atoms with E-state index in [1.807, 2.05) is 94.0 Å². The first-order chi connectivity index (χ1) is 48.5. The lowest BCUT2D eigenvalue weighted by molar-refractivity contribution is -0.129. The van der Waals surface area contributed by atoms with Crippen LogP contribution in [0.3, 0.4) is 0 Å². The molecule has 6 aromatic heterocycles. The fraction of sp³-hybridized carbons (Fsp3) is 0.452. The molecule has 0 bridgehead atoms. The Hall–Kier alpha value is -7.52. The van der Waals surface area contributed by atoms with Gasteiger partial charge in [-0.25, -0.2) is 22.5 Å². The van der Waals surface area contributed by atoms with Crippen LogP contribution in [-0.2, 0) is 37.1 Å². The minimum Gasteiger partial charge on any atom is -0.444 e. The smallest absolute Gasteiger partial charge is 0.322 e. The first kappa shape index (κ1) is 72.8. The minimum absolute atomic E-state index is 0.0796. The number of sulfonamides is 1. The number of oxazole rings is 1. The summed E-state index contributed by atoms with van der Waals surface area (Å²) in [6.07, 6.45) is 17.0. The molecule has 17 rings (SSSR count). The molecule has 6 aliphatic rings. The Bertz CT molecular complexity index is 5020. The second-order valence-electron chi connectivity index (χ2n) is 29.7. The second-order valence-corrected chi connectivity index (χ2v) is 34.2. The number of rotatable bonds is 7. The highest BCUT2D eigenvalue weighted by atomic mass is 35.5. The van der Waals surface area contributed by atoms with Gasteiger partial charge in [0.25, 0.3) is 5.91 Å². The van der Waals surface area contributed by atoms with Crippen molar-refractivity contribution in [3.63, 3.8) is 0 Å². The molecule has 11 aromatic rings. The van der Waals surface area contributed by atoms with Gasteiger partial charge in [-0.3, -0.25) is 35.6 Å². The molecule has 1 unspecified atom stereocenters. The fourth-order valence-electron chi connectivity index (χ4n) is 15.7. The lowest BCUT2D eigenvalue weighted by atomic mass is 9.67. The lowest BCUT2D eigenvalue weighted by Gasteiger charge is -2.50. The van der Waals surface area contributed by atoms with Crippen molar-refractivity contribution in [1.29, 1.82) is 0 Å². The van der Waals surface area contributed by atoms with E-state index in [0.717, 1.165) is 160 Å². The van der Waals surface area contributed by atoms with Crippen LogP contribution < -0.4 is 20.4 Å². The Morgan fingerprint density at radius 2 is 1.03 bits per heavy atom. The van der Waals surface area contributed by atoms with Crippen LogP contribution in [0.25, 0.3) is 54.5 Å². The van der Waals surface area contributed by atoms with Crippen LogP contribution in [0.4, 0.5) is 16.2 Å². The van der Waals surface area contributed by atoms with Crippen molar-refractivity contribution in [2.45, 2.75) is 148 Å². The van der Waals surface area contributed by atoms with E-state index in [9.17, 15) is 23.1 Å². The van der Waals surface area contributed by atoms with E-state index in [1.165, 1.54) is 16.5 Å². The van der Waals surface area contributed by atoms with Gasteiger partial charge in [-0.05, 0) is 159 Å². The minimum atomic E-state index is -3.08. The number of aromatic nitrogens is 11. The predicted octanol–water partition coefficient (Wildman–Crippen LogP) is 15.7. The average Bonchev–Trinajstić information content (AvgIpc) is 1.48. The number of hydrogen-bond acceptors (Lipinski definition) is 15. The SMILES string of the molecule is CC1(C)CCC(O)(c2cc(Cl)cc3[nH]ncc23)CC1.CC1(C)CN(c2cc(Cl)cc3[nH]ncc23)CCC12NC(=O)NC2=O.CCS(=O)(=O)N1CCC(c2cc(Cl)cc3[nH]ncc23)CC1.Cc1nc2c(o1)CN(c1cc(Cl)cc3[nH]ncc13)CC2(C)C.Clc1cc(C2CCOCC2)c2cn[nH]c2c1. The molecule has 4 saturated heterocycles.